The van der Waals surface area contributed by atoms with E-state index in [1.54, 1.807) is 0 Å². The number of amides is 1. The Morgan fingerprint density at radius 3 is 2.14 bits per heavy atom. The van der Waals surface area contributed by atoms with Crippen LogP contribution in [0, 0.1) is 0 Å². The Morgan fingerprint density at radius 2 is 1.50 bits per heavy atom. The van der Waals surface area contributed by atoms with Crippen LogP contribution in [0.1, 0.15) is 64.7 Å². The predicted molar refractivity (Wildman–Crippen MR) is 83.2 cm³/mol. The number of carbonyl (C=O) groups is 1. The number of nitrogens with one attached hydrogen (secondary N) is 1. The monoisotopic (exact) mass is 317 g/mol. The molecule has 0 heterocycles. The second-order valence-electron chi connectivity index (χ2n) is 6.32. The molecule has 0 unspecified atom stereocenters. The molecule has 22 heavy (non-hydrogen) atoms. The second kappa shape index (κ2) is 10.2. The minimum Gasteiger partial charge on any atom is -0.390 e. The van der Waals surface area contributed by atoms with Crippen LogP contribution in [-0.2, 0) is 4.79 Å². The summed E-state index contributed by atoms with van der Waals surface area (Å²) in [6.45, 7) is 2.18. The normalized spacial score (nSPS) is 32.0. The molecule has 0 aromatic heterocycles. The minimum atomic E-state index is -1.44. The van der Waals surface area contributed by atoms with Crippen molar-refractivity contribution in [3.63, 3.8) is 0 Å². The topological polar surface area (TPSA) is 110 Å². The van der Waals surface area contributed by atoms with Gasteiger partial charge in [0.15, 0.2) is 0 Å². The van der Waals surface area contributed by atoms with Gasteiger partial charge in [0.1, 0.15) is 18.3 Å². The molecule has 1 saturated carbocycles. The Kier molecular flexibility index (Phi) is 8.93. The molecule has 5 N–H and O–H groups in total. The van der Waals surface area contributed by atoms with E-state index in [1.165, 1.54) is 25.7 Å². The standard InChI is InChI=1S/C16H31NO5/c1-2-3-4-5-6-7-8-9-13(19)17-11-10-12(18)15(21)16(22)14(11)20/h11-12,14-16,18,20-22H,2-10H2,1H3,(H,17,19)/t11-,12+,14-,15-,16-/m0/s1. The van der Waals surface area contributed by atoms with Gasteiger partial charge in [-0.15, -0.1) is 0 Å². The third kappa shape index (κ3) is 6.20. The van der Waals surface area contributed by atoms with Gasteiger partial charge in [-0.2, -0.15) is 0 Å². The fourth-order valence-electron chi connectivity index (χ4n) is 2.87. The fraction of sp³-hybridized carbons (Fsp3) is 0.938. The van der Waals surface area contributed by atoms with Crippen LogP contribution in [0.25, 0.3) is 0 Å². The van der Waals surface area contributed by atoms with Crippen LogP contribution in [0.5, 0.6) is 0 Å². The number of hydrogen-bond donors (Lipinski definition) is 5. The summed E-state index contributed by atoms with van der Waals surface area (Å²) >= 11 is 0. The van der Waals surface area contributed by atoms with Crippen molar-refractivity contribution >= 4 is 5.91 Å². The molecule has 0 saturated heterocycles. The second-order valence-corrected chi connectivity index (χ2v) is 6.32. The summed E-state index contributed by atoms with van der Waals surface area (Å²) in [5.41, 5.74) is 0. The zero-order chi connectivity index (χ0) is 16.5. The van der Waals surface area contributed by atoms with Crippen molar-refractivity contribution < 1.29 is 25.2 Å². The summed E-state index contributed by atoms with van der Waals surface area (Å²) in [4.78, 5) is 11.8. The van der Waals surface area contributed by atoms with Gasteiger partial charge in [-0.25, -0.2) is 0 Å². The minimum absolute atomic E-state index is 0.0438. The number of aliphatic hydroxyl groups is 4. The maximum atomic E-state index is 11.8. The zero-order valence-electron chi connectivity index (χ0n) is 13.4. The Hall–Kier alpha value is -0.690. The molecule has 1 aliphatic rings. The first-order valence-electron chi connectivity index (χ1n) is 8.49. The first kappa shape index (κ1) is 19.4. The summed E-state index contributed by atoms with van der Waals surface area (Å²) in [5.74, 6) is -0.187. The van der Waals surface area contributed by atoms with Crippen LogP contribution in [0.3, 0.4) is 0 Å². The highest BCUT2D eigenvalue weighted by Gasteiger charge is 2.42. The smallest absolute Gasteiger partial charge is 0.220 e. The summed E-state index contributed by atoms with van der Waals surface area (Å²) in [6.07, 6.45) is 3.09. The molecule has 6 nitrogen and oxygen atoms in total. The SMILES string of the molecule is CCCCCCCCCC(=O)N[C@H]1C[C@@H](O)[C@H](O)[C@@H](O)[C@H]1O. The average molecular weight is 317 g/mol. The number of hydrogen-bond acceptors (Lipinski definition) is 5. The van der Waals surface area contributed by atoms with Crippen LogP contribution < -0.4 is 5.32 Å². The molecule has 6 heteroatoms. The first-order valence-corrected chi connectivity index (χ1v) is 8.49. The van der Waals surface area contributed by atoms with Crippen LogP contribution in [0.2, 0.25) is 0 Å². The predicted octanol–water partition coefficient (Wildman–Crippen LogP) is 0.459. The number of carbonyl (C=O) groups excluding carboxylic acids is 1. The van der Waals surface area contributed by atoms with E-state index in [4.69, 9.17) is 0 Å². The van der Waals surface area contributed by atoms with Gasteiger partial charge in [0.05, 0.1) is 12.1 Å². The third-order valence-electron chi connectivity index (χ3n) is 4.36. The molecule has 1 fully saturated rings. The molecule has 1 rings (SSSR count). The molecule has 1 amide bonds. The lowest BCUT2D eigenvalue weighted by molar-refractivity contribution is -0.151. The largest absolute Gasteiger partial charge is 0.390 e. The van der Waals surface area contributed by atoms with Gasteiger partial charge >= 0.3 is 0 Å². The molecule has 130 valence electrons. The van der Waals surface area contributed by atoms with E-state index >= 15 is 0 Å². The molecule has 1 aliphatic carbocycles. The van der Waals surface area contributed by atoms with Crippen molar-refractivity contribution in [3.8, 4) is 0 Å². The molecule has 0 aromatic carbocycles. The number of rotatable bonds is 9. The Labute approximate surface area is 132 Å². The number of unbranched alkanes of at least 4 members (excludes halogenated alkanes) is 6. The molecule has 0 aromatic rings. The molecule has 0 bridgehead atoms. The van der Waals surface area contributed by atoms with Gasteiger partial charge in [-0.3, -0.25) is 4.79 Å². The van der Waals surface area contributed by atoms with Crippen molar-refractivity contribution in [3.05, 3.63) is 0 Å². The van der Waals surface area contributed by atoms with Crippen LogP contribution >= 0.6 is 0 Å². The van der Waals surface area contributed by atoms with Crippen molar-refractivity contribution in [1.82, 2.24) is 5.32 Å². The summed E-state index contributed by atoms with van der Waals surface area (Å²) in [5, 5.41) is 41.1. The molecule has 0 radical (unpaired) electrons. The van der Waals surface area contributed by atoms with Crippen molar-refractivity contribution in [2.24, 2.45) is 0 Å². The van der Waals surface area contributed by atoms with Crippen molar-refractivity contribution in [2.75, 3.05) is 0 Å². The van der Waals surface area contributed by atoms with E-state index < -0.39 is 30.5 Å². The lowest BCUT2D eigenvalue weighted by Crippen LogP contribution is -2.60. The number of aliphatic hydroxyl groups excluding tert-OH is 4. The first-order chi connectivity index (χ1) is 10.5. The van der Waals surface area contributed by atoms with Gasteiger partial charge in [0.25, 0.3) is 0 Å². The van der Waals surface area contributed by atoms with E-state index in [0.29, 0.717) is 6.42 Å². The van der Waals surface area contributed by atoms with Gasteiger partial charge in [-0.1, -0.05) is 45.4 Å². The van der Waals surface area contributed by atoms with Crippen LogP contribution in [-0.4, -0.2) is 56.8 Å². The highest BCUT2D eigenvalue weighted by atomic mass is 16.4. The molecular weight excluding hydrogens is 286 g/mol. The molecule has 5 atom stereocenters. The molecule has 0 spiro atoms. The van der Waals surface area contributed by atoms with Gasteiger partial charge in [0.2, 0.25) is 5.91 Å². The van der Waals surface area contributed by atoms with E-state index in [2.05, 4.69) is 12.2 Å². The average Bonchev–Trinajstić information content (AvgIpc) is 2.49. The summed E-state index contributed by atoms with van der Waals surface area (Å²) in [7, 11) is 0. The van der Waals surface area contributed by atoms with E-state index in [9.17, 15) is 25.2 Å². The highest BCUT2D eigenvalue weighted by molar-refractivity contribution is 5.76. The summed E-state index contributed by atoms with van der Waals surface area (Å²) < 4.78 is 0. The van der Waals surface area contributed by atoms with Crippen molar-refractivity contribution in [2.45, 2.75) is 95.2 Å². The molecular formula is C16H31NO5. The van der Waals surface area contributed by atoms with Gasteiger partial charge in [0, 0.05) is 6.42 Å². The van der Waals surface area contributed by atoms with Crippen LogP contribution in [0.4, 0.5) is 0 Å². The van der Waals surface area contributed by atoms with E-state index in [-0.39, 0.29) is 12.3 Å². The van der Waals surface area contributed by atoms with E-state index in [1.807, 2.05) is 0 Å². The Bertz CT molecular complexity index is 326. The Balaban J connectivity index is 2.19. The third-order valence-corrected chi connectivity index (χ3v) is 4.36. The highest BCUT2D eigenvalue weighted by Crippen LogP contribution is 2.21. The van der Waals surface area contributed by atoms with E-state index in [0.717, 1.165) is 19.3 Å². The Morgan fingerprint density at radius 1 is 0.909 bits per heavy atom. The van der Waals surface area contributed by atoms with Gasteiger partial charge < -0.3 is 25.7 Å². The fourth-order valence-corrected chi connectivity index (χ4v) is 2.87. The van der Waals surface area contributed by atoms with Gasteiger partial charge in [-0.05, 0) is 12.8 Å². The molecule has 0 aliphatic heterocycles. The van der Waals surface area contributed by atoms with Crippen molar-refractivity contribution in [1.29, 1.82) is 0 Å². The quantitative estimate of drug-likeness (QED) is 0.397. The zero-order valence-corrected chi connectivity index (χ0v) is 13.4. The lowest BCUT2D eigenvalue weighted by atomic mass is 9.85. The van der Waals surface area contributed by atoms with Crippen LogP contribution in [0.15, 0.2) is 0 Å². The maximum absolute atomic E-state index is 11.8. The maximum Gasteiger partial charge on any atom is 0.220 e. The summed E-state index contributed by atoms with van der Waals surface area (Å²) in [6, 6.07) is -0.717. The lowest BCUT2D eigenvalue weighted by Gasteiger charge is -2.38.